The SMILES string of the molecule is C=C(/N=C(/N)c1cc(OC)c(C)cc1C)N1CCC(Cc2ccccc2)(C(=O)NC2CCCC2)CC1.CC. The van der Waals surface area contributed by atoms with Gasteiger partial charge in [0.2, 0.25) is 5.91 Å². The molecule has 6 heteroatoms. The molecular formula is C32H46N4O2. The molecule has 2 aromatic rings. The van der Waals surface area contributed by atoms with Gasteiger partial charge in [-0.2, -0.15) is 0 Å². The van der Waals surface area contributed by atoms with Crippen LogP contribution < -0.4 is 15.8 Å². The lowest BCUT2D eigenvalue weighted by Crippen LogP contribution is -2.51. The Morgan fingerprint density at radius 2 is 1.74 bits per heavy atom. The zero-order chi connectivity index (χ0) is 27.7. The van der Waals surface area contributed by atoms with Crippen LogP contribution in [0.2, 0.25) is 0 Å². The van der Waals surface area contributed by atoms with E-state index in [9.17, 15) is 4.79 Å². The number of hydrogen-bond donors (Lipinski definition) is 2. The van der Waals surface area contributed by atoms with Crippen molar-refractivity contribution in [1.29, 1.82) is 0 Å². The van der Waals surface area contributed by atoms with Crippen LogP contribution in [0.3, 0.4) is 0 Å². The molecule has 0 aromatic heterocycles. The van der Waals surface area contributed by atoms with Crippen LogP contribution in [0.5, 0.6) is 5.75 Å². The first-order valence-corrected chi connectivity index (χ1v) is 14.1. The van der Waals surface area contributed by atoms with Crippen LogP contribution in [0, 0.1) is 19.3 Å². The molecule has 0 bridgehead atoms. The van der Waals surface area contributed by atoms with E-state index >= 15 is 0 Å². The van der Waals surface area contributed by atoms with E-state index in [1.54, 1.807) is 7.11 Å². The summed E-state index contributed by atoms with van der Waals surface area (Å²) in [6.45, 7) is 13.7. The Morgan fingerprint density at radius 1 is 1.11 bits per heavy atom. The van der Waals surface area contributed by atoms with Crippen molar-refractivity contribution in [3.63, 3.8) is 0 Å². The molecule has 206 valence electrons. The van der Waals surface area contributed by atoms with Crippen molar-refractivity contribution in [2.45, 2.75) is 78.7 Å². The minimum atomic E-state index is -0.420. The Hall–Kier alpha value is -3.28. The summed E-state index contributed by atoms with van der Waals surface area (Å²) in [5, 5.41) is 3.39. The maximum absolute atomic E-state index is 13.6. The minimum absolute atomic E-state index is 0.203. The molecule has 2 aromatic carbocycles. The molecule has 0 spiro atoms. The van der Waals surface area contributed by atoms with Crippen molar-refractivity contribution in [2.75, 3.05) is 20.2 Å². The molecule has 6 nitrogen and oxygen atoms in total. The number of aryl methyl sites for hydroxylation is 2. The molecule has 3 N–H and O–H groups in total. The van der Waals surface area contributed by atoms with Gasteiger partial charge in [-0.25, -0.2) is 4.99 Å². The number of ether oxygens (including phenoxy) is 1. The lowest BCUT2D eigenvalue weighted by Gasteiger charge is -2.42. The van der Waals surface area contributed by atoms with Crippen molar-refractivity contribution in [3.8, 4) is 5.75 Å². The molecule has 1 saturated carbocycles. The van der Waals surface area contributed by atoms with E-state index in [0.29, 0.717) is 17.7 Å². The molecule has 1 aliphatic carbocycles. The smallest absolute Gasteiger partial charge is 0.226 e. The number of rotatable bonds is 8. The largest absolute Gasteiger partial charge is 0.496 e. The van der Waals surface area contributed by atoms with Crippen LogP contribution in [-0.4, -0.2) is 42.9 Å². The molecule has 1 amide bonds. The summed E-state index contributed by atoms with van der Waals surface area (Å²) in [5.74, 6) is 2.05. The quantitative estimate of drug-likeness (QED) is 0.337. The second kappa shape index (κ2) is 13.5. The van der Waals surface area contributed by atoms with E-state index in [4.69, 9.17) is 10.5 Å². The van der Waals surface area contributed by atoms with E-state index in [1.807, 2.05) is 39.8 Å². The average Bonchev–Trinajstić information content (AvgIpc) is 3.44. The third kappa shape index (κ3) is 6.97. The van der Waals surface area contributed by atoms with Crippen molar-refractivity contribution >= 4 is 11.7 Å². The van der Waals surface area contributed by atoms with Crippen LogP contribution in [0.25, 0.3) is 0 Å². The first-order valence-electron chi connectivity index (χ1n) is 14.1. The Kier molecular flexibility index (Phi) is 10.4. The van der Waals surface area contributed by atoms with E-state index in [2.05, 4.69) is 52.1 Å². The lowest BCUT2D eigenvalue weighted by atomic mass is 9.72. The summed E-state index contributed by atoms with van der Waals surface area (Å²) < 4.78 is 5.47. The highest BCUT2D eigenvalue weighted by atomic mass is 16.5. The number of nitrogens with two attached hydrogens (primary N) is 1. The Bertz CT molecular complexity index is 1110. The molecule has 2 aliphatic rings. The fraction of sp³-hybridized carbons (Fsp3) is 0.500. The number of carbonyl (C=O) groups is 1. The monoisotopic (exact) mass is 518 g/mol. The highest BCUT2D eigenvalue weighted by molar-refractivity contribution is 5.99. The van der Waals surface area contributed by atoms with Crippen LogP contribution in [0.4, 0.5) is 0 Å². The second-order valence-electron chi connectivity index (χ2n) is 10.4. The van der Waals surface area contributed by atoms with Gasteiger partial charge in [0.1, 0.15) is 17.4 Å². The Balaban J connectivity index is 0.00000195. The number of carbonyl (C=O) groups excluding carboxylic acids is 1. The van der Waals surface area contributed by atoms with Crippen LogP contribution >= 0.6 is 0 Å². The van der Waals surface area contributed by atoms with Gasteiger partial charge in [0.05, 0.1) is 12.5 Å². The predicted molar refractivity (Wildman–Crippen MR) is 157 cm³/mol. The van der Waals surface area contributed by atoms with Crippen molar-refractivity contribution < 1.29 is 9.53 Å². The Morgan fingerprint density at radius 3 is 2.34 bits per heavy atom. The van der Waals surface area contributed by atoms with Gasteiger partial charge in [0, 0.05) is 24.7 Å². The van der Waals surface area contributed by atoms with E-state index in [1.165, 1.54) is 18.4 Å². The number of hydrogen-bond acceptors (Lipinski definition) is 4. The lowest BCUT2D eigenvalue weighted by molar-refractivity contribution is -0.134. The first-order chi connectivity index (χ1) is 18.3. The van der Waals surface area contributed by atoms with Gasteiger partial charge in [-0.3, -0.25) is 4.79 Å². The highest BCUT2D eigenvalue weighted by Crippen LogP contribution is 2.37. The van der Waals surface area contributed by atoms with E-state index in [0.717, 1.165) is 67.6 Å². The van der Waals surface area contributed by atoms with E-state index in [-0.39, 0.29) is 5.91 Å². The van der Waals surface area contributed by atoms with Gasteiger partial charge in [-0.15, -0.1) is 0 Å². The summed E-state index contributed by atoms with van der Waals surface area (Å²) in [6.07, 6.45) is 6.85. The van der Waals surface area contributed by atoms with Gasteiger partial charge in [-0.1, -0.05) is 69.7 Å². The average molecular weight is 519 g/mol. The summed E-state index contributed by atoms with van der Waals surface area (Å²) >= 11 is 0. The maximum atomic E-state index is 13.6. The van der Waals surface area contributed by atoms with Crippen LogP contribution in [0.15, 0.2) is 59.9 Å². The van der Waals surface area contributed by atoms with Crippen LogP contribution in [0.1, 0.15) is 74.6 Å². The molecular weight excluding hydrogens is 472 g/mol. The van der Waals surface area contributed by atoms with Crippen molar-refractivity contribution in [3.05, 3.63) is 77.1 Å². The number of amides is 1. The number of methoxy groups -OCH3 is 1. The molecule has 0 unspecified atom stereocenters. The number of nitrogens with zero attached hydrogens (tertiary/aromatic N) is 2. The maximum Gasteiger partial charge on any atom is 0.226 e. The number of likely N-dealkylation sites (tertiary alicyclic amines) is 1. The van der Waals surface area contributed by atoms with Crippen molar-refractivity contribution in [1.82, 2.24) is 10.2 Å². The predicted octanol–water partition coefficient (Wildman–Crippen LogP) is 5.90. The number of aliphatic imine (C=N–C) groups is 1. The standard InChI is InChI=1S/C30H40N4O2.C2H6/c1-21-18-22(2)27(36-4)19-26(21)28(31)32-23(3)34-16-14-30(15-17-34,20-24-10-6-5-7-11-24)29(35)33-25-12-8-9-13-25;1-2/h5-7,10-11,18-19,25H,3,8-9,12-17,20H2,1-2,4H3,(H2,31,32)(H,33,35);1-2H3. The first kappa shape index (κ1) is 29.3. The highest BCUT2D eigenvalue weighted by Gasteiger charge is 2.42. The van der Waals surface area contributed by atoms with Gasteiger partial charge in [-0.05, 0) is 68.7 Å². The second-order valence-corrected chi connectivity index (χ2v) is 10.4. The Labute approximate surface area is 229 Å². The molecule has 38 heavy (non-hydrogen) atoms. The molecule has 0 atom stereocenters. The summed E-state index contributed by atoms with van der Waals surface area (Å²) in [6, 6.07) is 14.7. The molecule has 1 heterocycles. The summed E-state index contributed by atoms with van der Waals surface area (Å²) in [4.78, 5) is 20.5. The van der Waals surface area contributed by atoms with Gasteiger partial charge < -0.3 is 20.7 Å². The zero-order valence-electron chi connectivity index (χ0n) is 24.0. The number of piperidine rings is 1. The molecule has 0 radical (unpaired) electrons. The minimum Gasteiger partial charge on any atom is -0.496 e. The normalized spacial score (nSPS) is 17.4. The fourth-order valence-electron chi connectivity index (χ4n) is 5.67. The summed E-state index contributed by atoms with van der Waals surface area (Å²) in [5.41, 5.74) is 10.2. The van der Waals surface area contributed by atoms with E-state index < -0.39 is 5.41 Å². The third-order valence-electron chi connectivity index (χ3n) is 7.91. The molecule has 2 fully saturated rings. The third-order valence-corrected chi connectivity index (χ3v) is 7.91. The molecule has 1 saturated heterocycles. The zero-order valence-corrected chi connectivity index (χ0v) is 24.0. The van der Waals surface area contributed by atoms with Gasteiger partial charge in [0.15, 0.2) is 0 Å². The van der Waals surface area contributed by atoms with Crippen molar-refractivity contribution in [2.24, 2.45) is 16.1 Å². The number of benzene rings is 2. The fourth-order valence-corrected chi connectivity index (χ4v) is 5.67. The summed E-state index contributed by atoms with van der Waals surface area (Å²) in [7, 11) is 1.66. The topological polar surface area (TPSA) is 80.0 Å². The van der Waals surface area contributed by atoms with Gasteiger partial charge in [0.25, 0.3) is 0 Å². The van der Waals surface area contributed by atoms with Crippen LogP contribution in [-0.2, 0) is 11.2 Å². The number of nitrogens with one attached hydrogen (secondary N) is 1. The number of amidine groups is 1. The van der Waals surface area contributed by atoms with Gasteiger partial charge >= 0.3 is 0 Å². The molecule has 1 aliphatic heterocycles. The molecule has 4 rings (SSSR count).